The molecule has 0 aromatic heterocycles. The lowest BCUT2D eigenvalue weighted by atomic mass is 10.00. The van der Waals surface area contributed by atoms with E-state index < -0.39 is 5.54 Å². The Morgan fingerprint density at radius 1 is 1.21 bits per heavy atom. The SMILES string of the molecule is CN(CC(=O)NC1(C#N)CCCC1)CC(=O)N(C)C. The summed E-state index contributed by atoms with van der Waals surface area (Å²) in [5.74, 6) is -0.247. The zero-order valence-electron chi connectivity index (χ0n) is 11.9. The lowest BCUT2D eigenvalue weighted by Crippen LogP contribution is -2.49. The van der Waals surface area contributed by atoms with Gasteiger partial charge >= 0.3 is 0 Å². The number of amides is 2. The van der Waals surface area contributed by atoms with Crippen molar-refractivity contribution < 1.29 is 9.59 Å². The number of likely N-dealkylation sites (N-methyl/N-ethyl adjacent to an activating group) is 2. The summed E-state index contributed by atoms with van der Waals surface area (Å²) in [5, 5.41) is 12.0. The highest BCUT2D eigenvalue weighted by Crippen LogP contribution is 2.28. The van der Waals surface area contributed by atoms with Gasteiger partial charge in [0.15, 0.2) is 0 Å². The van der Waals surface area contributed by atoms with Gasteiger partial charge in [0, 0.05) is 14.1 Å². The van der Waals surface area contributed by atoms with Gasteiger partial charge in [-0.1, -0.05) is 0 Å². The van der Waals surface area contributed by atoms with Gasteiger partial charge in [-0.3, -0.25) is 14.5 Å². The number of hydrogen-bond acceptors (Lipinski definition) is 4. The molecule has 0 spiro atoms. The summed E-state index contributed by atoms with van der Waals surface area (Å²) in [7, 11) is 5.08. The molecule has 1 aliphatic rings. The molecule has 1 rings (SSSR count). The topological polar surface area (TPSA) is 76.4 Å². The maximum absolute atomic E-state index is 11.9. The molecule has 1 saturated carbocycles. The molecule has 0 heterocycles. The van der Waals surface area contributed by atoms with Crippen molar-refractivity contribution in [3.63, 3.8) is 0 Å². The van der Waals surface area contributed by atoms with Gasteiger partial charge in [-0.05, 0) is 32.7 Å². The Morgan fingerprint density at radius 2 is 1.79 bits per heavy atom. The highest BCUT2D eigenvalue weighted by atomic mass is 16.2. The minimum absolute atomic E-state index is 0.0498. The van der Waals surface area contributed by atoms with Crippen LogP contribution in [-0.2, 0) is 9.59 Å². The molecular weight excluding hydrogens is 244 g/mol. The van der Waals surface area contributed by atoms with Crippen LogP contribution >= 0.6 is 0 Å². The standard InChI is InChI=1S/C13H22N4O2/c1-16(2)12(19)9-17(3)8-11(18)15-13(10-14)6-4-5-7-13/h4-9H2,1-3H3,(H,15,18). The van der Waals surface area contributed by atoms with Gasteiger partial charge in [0.2, 0.25) is 11.8 Å². The molecular formula is C13H22N4O2. The summed E-state index contributed by atoms with van der Waals surface area (Å²) < 4.78 is 0. The van der Waals surface area contributed by atoms with E-state index in [9.17, 15) is 14.9 Å². The number of hydrogen-bond donors (Lipinski definition) is 1. The molecule has 1 N–H and O–H groups in total. The van der Waals surface area contributed by atoms with Gasteiger partial charge in [-0.2, -0.15) is 5.26 Å². The van der Waals surface area contributed by atoms with E-state index in [2.05, 4.69) is 11.4 Å². The molecule has 19 heavy (non-hydrogen) atoms. The second kappa shape index (κ2) is 6.53. The smallest absolute Gasteiger partial charge is 0.236 e. The van der Waals surface area contributed by atoms with Gasteiger partial charge < -0.3 is 10.2 Å². The summed E-state index contributed by atoms with van der Waals surface area (Å²) in [4.78, 5) is 26.5. The first-order valence-corrected chi connectivity index (χ1v) is 6.49. The van der Waals surface area contributed by atoms with E-state index in [4.69, 9.17) is 0 Å². The van der Waals surface area contributed by atoms with E-state index in [1.165, 1.54) is 4.90 Å². The molecule has 0 aromatic carbocycles. The molecule has 1 fully saturated rings. The fourth-order valence-corrected chi connectivity index (χ4v) is 2.22. The quantitative estimate of drug-likeness (QED) is 0.757. The number of nitrogens with one attached hydrogen (secondary N) is 1. The van der Waals surface area contributed by atoms with E-state index in [0.717, 1.165) is 25.7 Å². The maximum atomic E-state index is 11.9. The number of nitrogens with zero attached hydrogens (tertiary/aromatic N) is 3. The average Bonchev–Trinajstić information content (AvgIpc) is 2.77. The zero-order valence-corrected chi connectivity index (χ0v) is 11.9. The van der Waals surface area contributed by atoms with Crippen LogP contribution in [0.3, 0.4) is 0 Å². The molecule has 0 radical (unpaired) electrons. The Morgan fingerprint density at radius 3 is 2.26 bits per heavy atom. The molecule has 0 unspecified atom stereocenters. The number of carbonyl (C=O) groups excluding carboxylic acids is 2. The first-order valence-electron chi connectivity index (χ1n) is 6.49. The zero-order chi connectivity index (χ0) is 14.5. The van der Waals surface area contributed by atoms with Crippen molar-refractivity contribution in [1.29, 1.82) is 5.26 Å². The molecule has 6 heteroatoms. The molecule has 0 saturated heterocycles. The molecule has 0 bridgehead atoms. The lowest BCUT2D eigenvalue weighted by Gasteiger charge is -2.24. The number of carbonyl (C=O) groups is 2. The summed E-state index contributed by atoms with van der Waals surface area (Å²) >= 11 is 0. The van der Waals surface area contributed by atoms with Crippen molar-refractivity contribution in [3.8, 4) is 6.07 Å². The van der Waals surface area contributed by atoms with Crippen molar-refractivity contribution in [2.24, 2.45) is 0 Å². The highest BCUT2D eigenvalue weighted by Gasteiger charge is 2.35. The van der Waals surface area contributed by atoms with E-state index in [0.29, 0.717) is 0 Å². The summed E-state index contributed by atoms with van der Waals surface area (Å²) in [6, 6.07) is 2.21. The van der Waals surface area contributed by atoms with Gasteiger partial charge in [0.1, 0.15) is 5.54 Å². The highest BCUT2D eigenvalue weighted by molar-refractivity contribution is 5.81. The Bertz CT molecular complexity index is 381. The Kier molecular flexibility index (Phi) is 5.31. The molecule has 2 amide bonds. The lowest BCUT2D eigenvalue weighted by molar-refractivity contribution is -0.130. The largest absolute Gasteiger partial charge is 0.348 e. The van der Waals surface area contributed by atoms with E-state index in [1.807, 2.05) is 0 Å². The third-order valence-corrected chi connectivity index (χ3v) is 3.37. The normalized spacial score (nSPS) is 17.0. The van der Waals surface area contributed by atoms with Crippen molar-refractivity contribution in [1.82, 2.24) is 15.1 Å². The monoisotopic (exact) mass is 266 g/mol. The van der Waals surface area contributed by atoms with Crippen LogP contribution < -0.4 is 5.32 Å². The van der Waals surface area contributed by atoms with E-state index in [-0.39, 0.29) is 24.9 Å². The van der Waals surface area contributed by atoms with Crippen LogP contribution in [0.1, 0.15) is 25.7 Å². The maximum Gasteiger partial charge on any atom is 0.236 e. The van der Waals surface area contributed by atoms with Crippen molar-refractivity contribution >= 4 is 11.8 Å². The summed E-state index contributed by atoms with van der Waals surface area (Å²) in [5.41, 5.74) is -0.691. The van der Waals surface area contributed by atoms with Crippen LogP contribution in [0.25, 0.3) is 0 Å². The predicted molar refractivity (Wildman–Crippen MR) is 71.1 cm³/mol. The number of nitriles is 1. The van der Waals surface area contributed by atoms with Crippen LogP contribution in [0.2, 0.25) is 0 Å². The summed E-state index contributed by atoms with van der Waals surface area (Å²) in [6.45, 7) is 0.322. The van der Waals surface area contributed by atoms with E-state index in [1.54, 1.807) is 26.0 Å². The minimum atomic E-state index is -0.691. The molecule has 6 nitrogen and oxygen atoms in total. The van der Waals surface area contributed by atoms with Gasteiger partial charge in [0.05, 0.1) is 19.2 Å². The number of rotatable bonds is 5. The second-order valence-corrected chi connectivity index (χ2v) is 5.41. The fraction of sp³-hybridized carbons (Fsp3) is 0.769. The van der Waals surface area contributed by atoms with Crippen LogP contribution in [-0.4, -0.2) is 61.4 Å². The van der Waals surface area contributed by atoms with Crippen molar-refractivity contribution in [2.75, 3.05) is 34.2 Å². The molecule has 1 aliphatic carbocycles. The molecule has 106 valence electrons. The van der Waals surface area contributed by atoms with Crippen molar-refractivity contribution in [3.05, 3.63) is 0 Å². The molecule has 0 atom stereocenters. The predicted octanol–water partition coefficient (Wildman–Crippen LogP) is -0.0410. The van der Waals surface area contributed by atoms with Crippen LogP contribution in [0, 0.1) is 11.3 Å². The van der Waals surface area contributed by atoms with Gasteiger partial charge in [0.25, 0.3) is 0 Å². The molecule has 0 aromatic rings. The molecule has 0 aliphatic heterocycles. The van der Waals surface area contributed by atoms with Crippen molar-refractivity contribution in [2.45, 2.75) is 31.2 Å². The fourth-order valence-electron chi connectivity index (χ4n) is 2.22. The van der Waals surface area contributed by atoms with Gasteiger partial charge in [-0.15, -0.1) is 0 Å². The third-order valence-electron chi connectivity index (χ3n) is 3.37. The summed E-state index contributed by atoms with van der Waals surface area (Å²) in [6.07, 6.45) is 3.39. The minimum Gasteiger partial charge on any atom is -0.348 e. The van der Waals surface area contributed by atoms with Crippen LogP contribution in [0.5, 0.6) is 0 Å². The van der Waals surface area contributed by atoms with Gasteiger partial charge in [-0.25, -0.2) is 0 Å². The van der Waals surface area contributed by atoms with Crippen LogP contribution in [0.4, 0.5) is 0 Å². The van der Waals surface area contributed by atoms with Crippen LogP contribution in [0.15, 0.2) is 0 Å². The van der Waals surface area contributed by atoms with E-state index >= 15 is 0 Å². The Hall–Kier alpha value is -1.61. The average molecular weight is 266 g/mol. The Balaban J connectivity index is 2.43. The second-order valence-electron chi connectivity index (χ2n) is 5.41. The third kappa shape index (κ3) is 4.52. The first-order chi connectivity index (χ1) is 8.88. The first kappa shape index (κ1) is 15.4. The Labute approximate surface area is 114 Å².